The molecule has 20 heavy (non-hydrogen) atoms. The van der Waals surface area contributed by atoms with Gasteiger partial charge in [-0.3, -0.25) is 0 Å². The minimum Gasteiger partial charge on any atom is -0.444 e. The molecule has 1 amide bonds. The quantitative estimate of drug-likeness (QED) is 0.762. The zero-order valence-corrected chi connectivity index (χ0v) is 13.4. The Labute approximate surface area is 123 Å². The molecule has 0 aromatic rings. The van der Waals surface area contributed by atoms with E-state index in [1.165, 1.54) is 6.42 Å². The average molecular weight is 286 g/mol. The topological polar surface area (TPSA) is 50.8 Å². The van der Waals surface area contributed by atoms with Crippen LogP contribution in [0.25, 0.3) is 0 Å². The molecule has 1 aliphatic heterocycles. The van der Waals surface area contributed by atoms with E-state index in [1.54, 1.807) is 4.90 Å². The Kier molecular flexibility index (Phi) is 7.30. The van der Waals surface area contributed by atoms with Gasteiger partial charge in [0.2, 0.25) is 0 Å². The van der Waals surface area contributed by atoms with Crippen molar-refractivity contribution in [1.82, 2.24) is 10.2 Å². The molecule has 0 bridgehead atoms. The lowest BCUT2D eigenvalue weighted by molar-refractivity contribution is 0.0256. The predicted octanol–water partition coefficient (Wildman–Crippen LogP) is 2.40. The number of nitrogens with one attached hydrogen (secondary N) is 1. The van der Waals surface area contributed by atoms with Gasteiger partial charge in [0.25, 0.3) is 0 Å². The molecule has 0 aliphatic carbocycles. The van der Waals surface area contributed by atoms with Crippen molar-refractivity contribution in [2.24, 2.45) is 0 Å². The van der Waals surface area contributed by atoms with Crippen molar-refractivity contribution in [3.63, 3.8) is 0 Å². The van der Waals surface area contributed by atoms with Gasteiger partial charge in [0.05, 0.1) is 6.61 Å². The van der Waals surface area contributed by atoms with Crippen LogP contribution < -0.4 is 5.32 Å². The second kappa shape index (κ2) is 8.47. The number of rotatable bonds is 6. The smallest absolute Gasteiger partial charge is 0.410 e. The van der Waals surface area contributed by atoms with Crippen molar-refractivity contribution >= 4 is 6.09 Å². The van der Waals surface area contributed by atoms with Crippen LogP contribution >= 0.6 is 0 Å². The third-order valence-corrected chi connectivity index (χ3v) is 3.23. The summed E-state index contributed by atoms with van der Waals surface area (Å²) in [5, 5.41) is 3.48. The van der Waals surface area contributed by atoms with Crippen molar-refractivity contribution in [3.8, 4) is 0 Å². The van der Waals surface area contributed by atoms with Crippen molar-refractivity contribution in [2.75, 3.05) is 32.8 Å². The molecule has 0 aromatic carbocycles. The number of ether oxygens (including phenoxy) is 2. The molecule has 0 aromatic heterocycles. The largest absolute Gasteiger partial charge is 0.444 e. The van der Waals surface area contributed by atoms with Crippen LogP contribution in [-0.2, 0) is 9.47 Å². The Bertz CT molecular complexity index is 283. The molecule has 0 radical (unpaired) electrons. The van der Waals surface area contributed by atoms with E-state index in [9.17, 15) is 4.79 Å². The molecule has 5 nitrogen and oxygen atoms in total. The summed E-state index contributed by atoms with van der Waals surface area (Å²) in [6, 6.07) is 0.473. The van der Waals surface area contributed by atoms with E-state index in [1.807, 2.05) is 27.7 Å². The zero-order valence-electron chi connectivity index (χ0n) is 13.4. The van der Waals surface area contributed by atoms with Crippen LogP contribution in [0.3, 0.4) is 0 Å². The molecular formula is C15H30N2O3. The van der Waals surface area contributed by atoms with E-state index in [0.29, 0.717) is 12.6 Å². The molecule has 1 fully saturated rings. The van der Waals surface area contributed by atoms with Gasteiger partial charge < -0.3 is 19.7 Å². The highest BCUT2D eigenvalue weighted by atomic mass is 16.6. The number of nitrogens with zero attached hydrogens (tertiary/aromatic N) is 1. The van der Waals surface area contributed by atoms with Crippen LogP contribution in [0.15, 0.2) is 0 Å². The Morgan fingerprint density at radius 1 is 1.45 bits per heavy atom. The van der Waals surface area contributed by atoms with Gasteiger partial charge >= 0.3 is 6.09 Å². The first kappa shape index (κ1) is 17.2. The lowest BCUT2D eigenvalue weighted by atomic mass is 10.1. The SMILES string of the molecule is CCN(CCCNC1CCCOC1)C(=O)OC(C)(C)C. The molecule has 5 heteroatoms. The Morgan fingerprint density at radius 3 is 2.75 bits per heavy atom. The third kappa shape index (κ3) is 7.10. The van der Waals surface area contributed by atoms with Gasteiger partial charge in [-0.05, 0) is 53.5 Å². The number of carbonyl (C=O) groups is 1. The first-order chi connectivity index (χ1) is 9.42. The van der Waals surface area contributed by atoms with Gasteiger partial charge in [0, 0.05) is 25.7 Å². The van der Waals surface area contributed by atoms with E-state index >= 15 is 0 Å². The molecule has 1 heterocycles. The lowest BCUT2D eigenvalue weighted by Crippen LogP contribution is -2.40. The minimum atomic E-state index is -0.428. The number of hydrogen-bond acceptors (Lipinski definition) is 4. The van der Waals surface area contributed by atoms with Gasteiger partial charge in [0.15, 0.2) is 0 Å². The van der Waals surface area contributed by atoms with Crippen LogP contribution in [-0.4, -0.2) is 55.5 Å². The molecule has 1 aliphatic rings. The fourth-order valence-electron chi connectivity index (χ4n) is 2.18. The first-order valence-corrected chi connectivity index (χ1v) is 7.71. The summed E-state index contributed by atoms with van der Waals surface area (Å²) in [4.78, 5) is 13.7. The van der Waals surface area contributed by atoms with Crippen LogP contribution in [0, 0.1) is 0 Å². The molecule has 1 rings (SSSR count). The lowest BCUT2D eigenvalue weighted by Gasteiger charge is -2.27. The van der Waals surface area contributed by atoms with E-state index in [-0.39, 0.29) is 6.09 Å². The monoisotopic (exact) mass is 286 g/mol. The molecule has 0 saturated carbocycles. The standard InChI is InChI=1S/C15H30N2O3/c1-5-17(14(18)20-15(2,3)4)10-7-9-16-13-8-6-11-19-12-13/h13,16H,5-12H2,1-4H3. The fourth-order valence-corrected chi connectivity index (χ4v) is 2.18. The van der Waals surface area contributed by atoms with Crippen molar-refractivity contribution in [2.45, 2.75) is 58.6 Å². The Balaban J connectivity index is 2.18. The van der Waals surface area contributed by atoms with E-state index < -0.39 is 5.60 Å². The van der Waals surface area contributed by atoms with Crippen LogP contribution in [0.5, 0.6) is 0 Å². The normalized spacial score (nSPS) is 19.7. The molecule has 1 atom stereocenters. The molecule has 0 spiro atoms. The van der Waals surface area contributed by atoms with Gasteiger partial charge in [0.1, 0.15) is 5.60 Å². The predicted molar refractivity (Wildman–Crippen MR) is 79.9 cm³/mol. The van der Waals surface area contributed by atoms with Gasteiger partial charge in [-0.2, -0.15) is 0 Å². The summed E-state index contributed by atoms with van der Waals surface area (Å²) < 4.78 is 10.8. The number of carbonyl (C=O) groups excluding carboxylic acids is 1. The van der Waals surface area contributed by atoms with Gasteiger partial charge in [-0.1, -0.05) is 0 Å². The summed E-state index contributed by atoms with van der Waals surface area (Å²) in [5.41, 5.74) is -0.428. The molecule has 1 N–H and O–H groups in total. The van der Waals surface area contributed by atoms with Gasteiger partial charge in [-0.25, -0.2) is 4.79 Å². The molecular weight excluding hydrogens is 256 g/mol. The molecule has 1 saturated heterocycles. The highest BCUT2D eigenvalue weighted by molar-refractivity contribution is 5.68. The summed E-state index contributed by atoms with van der Waals surface area (Å²) in [6.07, 6.45) is 3.03. The summed E-state index contributed by atoms with van der Waals surface area (Å²) >= 11 is 0. The number of amides is 1. The molecule has 118 valence electrons. The maximum atomic E-state index is 11.9. The van der Waals surface area contributed by atoms with Crippen LogP contribution in [0.1, 0.15) is 47.0 Å². The highest BCUT2D eigenvalue weighted by Crippen LogP contribution is 2.10. The maximum absolute atomic E-state index is 11.9. The second-order valence-corrected chi connectivity index (χ2v) is 6.28. The third-order valence-electron chi connectivity index (χ3n) is 3.23. The zero-order chi connectivity index (χ0) is 15.0. The number of hydrogen-bond donors (Lipinski definition) is 1. The Morgan fingerprint density at radius 2 is 2.20 bits per heavy atom. The summed E-state index contributed by atoms with van der Waals surface area (Å²) in [7, 11) is 0. The highest BCUT2D eigenvalue weighted by Gasteiger charge is 2.20. The van der Waals surface area contributed by atoms with E-state index in [0.717, 1.165) is 39.1 Å². The average Bonchev–Trinajstić information content (AvgIpc) is 2.38. The minimum absolute atomic E-state index is 0.221. The van der Waals surface area contributed by atoms with E-state index in [2.05, 4.69) is 5.32 Å². The fraction of sp³-hybridized carbons (Fsp3) is 0.933. The molecule has 1 unspecified atom stereocenters. The van der Waals surface area contributed by atoms with Crippen LogP contribution in [0.2, 0.25) is 0 Å². The first-order valence-electron chi connectivity index (χ1n) is 7.71. The van der Waals surface area contributed by atoms with Crippen molar-refractivity contribution in [3.05, 3.63) is 0 Å². The Hall–Kier alpha value is -0.810. The van der Waals surface area contributed by atoms with Gasteiger partial charge in [-0.15, -0.1) is 0 Å². The van der Waals surface area contributed by atoms with Crippen molar-refractivity contribution in [1.29, 1.82) is 0 Å². The maximum Gasteiger partial charge on any atom is 0.410 e. The van der Waals surface area contributed by atoms with E-state index in [4.69, 9.17) is 9.47 Å². The van der Waals surface area contributed by atoms with Crippen LogP contribution in [0.4, 0.5) is 4.79 Å². The van der Waals surface area contributed by atoms with Crippen molar-refractivity contribution < 1.29 is 14.3 Å². The second-order valence-electron chi connectivity index (χ2n) is 6.28. The summed E-state index contributed by atoms with van der Waals surface area (Å²) in [6.45, 7) is 11.7. The summed E-state index contributed by atoms with van der Waals surface area (Å²) in [5.74, 6) is 0.